The fourth-order valence-corrected chi connectivity index (χ4v) is 5.25. The molecule has 1 aliphatic carbocycles. The molecule has 33 heavy (non-hydrogen) atoms. The van der Waals surface area contributed by atoms with E-state index in [1.165, 1.54) is 5.56 Å². The SMILES string of the molecule is COc1cnc2cccc(C(O)CN3C[C@@H]4C(NCc5ccc6c(c5)OCCO6)[C@@H]4C3)c2n1. The highest BCUT2D eigenvalue weighted by Crippen LogP contribution is 2.46. The van der Waals surface area contributed by atoms with E-state index >= 15 is 0 Å². The second kappa shape index (κ2) is 8.44. The molecule has 3 heterocycles. The lowest BCUT2D eigenvalue weighted by Gasteiger charge is -2.23. The molecule has 8 nitrogen and oxygen atoms in total. The molecule has 0 amide bonds. The molecular formula is C25H28N4O4. The van der Waals surface area contributed by atoms with Crippen molar-refractivity contribution in [2.75, 3.05) is 40.0 Å². The van der Waals surface area contributed by atoms with Crippen LogP contribution in [-0.4, -0.2) is 66.0 Å². The zero-order chi connectivity index (χ0) is 22.4. The maximum Gasteiger partial charge on any atom is 0.232 e. The number of methoxy groups -OCH3 is 1. The maximum absolute atomic E-state index is 11.0. The number of nitrogens with zero attached hydrogens (tertiary/aromatic N) is 3. The molecule has 0 bridgehead atoms. The summed E-state index contributed by atoms with van der Waals surface area (Å²) in [5, 5.41) is 14.7. The van der Waals surface area contributed by atoms with Crippen LogP contribution in [0.15, 0.2) is 42.6 Å². The molecule has 8 heteroatoms. The van der Waals surface area contributed by atoms with Crippen molar-refractivity contribution >= 4 is 11.0 Å². The lowest BCUT2D eigenvalue weighted by atomic mass is 10.1. The molecule has 1 aromatic heterocycles. The topological polar surface area (TPSA) is 89.0 Å². The van der Waals surface area contributed by atoms with Gasteiger partial charge in [0.1, 0.15) is 13.2 Å². The van der Waals surface area contributed by atoms with Gasteiger partial charge in [0.05, 0.1) is 30.4 Å². The van der Waals surface area contributed by atoms with Crippen molar-refractivity contribution in [3.05, 3.63) is 53.7 Å². The van der Waals surface area contributed by atoms with Gasteiger partial charge in [0, 0.05) is 37.8 Å². The fraction of sp³-hybridized carbons (Fsp3) is 0.440. The van der Waals surface area contributed by atoms with Gasteiger partial charge in [0.25, 0.3) is 0 Å². The molecule has 2 N–H and O–H groups in total. The van der Waals surface area contributed by atoms with Gasteiger partial charge in [-0.05, 0) is 35.6 Å². The normalized spacial score (nSPS) is 24.5. The number of rotatable bonds is 7. The van der Waals surface area contributed by atoms with Gasteiger partial charge < -0.3 is 24.6 Å². The molecule has 2 aliphatic heterocycles. The Hall–Kier alpha value is -2.94. The third-order valence-corrected chi connectivity index (χ3v) is 7.00. The summed E-state index contributed by atoms with van der Waals surface area (Å²) in [6.07, 6.45) is 0.988. The van der Waals surface area contributed by atoms with Gasteiger partial charge in [-0.1, -0.05) is 18.2 Å². The Morgan fingerprint density at radius 3 is 2.79 bits per heavy atom. The van der Waals surface area contributed by atoms with Crippen LogP contribution in [0.5, 0.6) is 17.4 Å². The van der Waals surface area contributed by atoms with Crippen molar-refractivity contribution in [1.82, 2.24) is 20.2 Å². The van der Waals surface area contributed by atoms with E-state index in [2.05, 4.69) is 32.3 Å². The van der Waals surface area contributed by atoms with Gasteiger partial charge in [-0.25, -0.2) is 9.97 Å². The molecule has 4 atom stereocenters. The van der Waals surface area contributed by atoms with E-state index in [4.69, 9.17) is 14.2 Å². The molecular weight excluding hydrogens is 420 g/mol. The Kier molecular flexibility index (Phi) is 5.28. The summed E-state index contributed by atoms with van der Waals surface area (Å²) >= 11 is 0. The van der Waals surface area contributed by atoms with E-state index in [1.54, 1.807) is 13.3 Å². The average molecular weight is 449 g/mol. The summed E-state index contributed by atoms with van der Waals surface area (Å²) in [7, 11) is 1.57. The molecule has 3 aromatic rings. The number of ether oxygens (including phenoxy) is 3. The number of para-hydroxylation sites is 1. The average Bonchev–Trinajstić information content (AvgIpc) is 3.31. The van der Waals surface area contributed by atoms with Crippen LogP contribution in [0, 0.1) is 11.8 Å². The minimum atomic E-state index is -0.614. The first kappa shape index (κ1) is 20.7. The van der Waals surface area contributed by atoms with Crippen LogP contribution >= 0.6 is 0 Å². The van der Waals surface area contributed by atoms with Crippen molar-refractivity contribution < 1.29 is 19.3 Å². The fourth-order valence-electron chi connectivity index (χ4n) is 5.25. The first-order valence-electron chi connectivity index (χ1n) is 11.5. The number of likely N-dealkylation sites (tertiary alicyclic amines) is 1. The number of nitrogens with one attached hydrogen (secondary N) is 1. The van der Waals surface area contributed by atoms with Crippen molar-refractivity contribution in [2.24, 2.45) is 11.8 Å². The third-order valence-electron chi connectivity index (χ3n) is 7.00. The number of aromatic nitrogens is 2. The maximum atomic E-state index is 11.0. The molecule has 3 aliphatic rings. The monoisotopic (exact) mass is 448 g/mol. The zero-order valence-electron chi connectivity index (χ0n) is 18.6. The van der Waals surface area contributed by atoms with Gasteiger partial charge in [0.2, 0.25) is 5.88 Å². The van der Waals surface area contributed by atoms with E-state index in [-0.39, 0.29) is 0 Å². The number of aliphatic hydroxyl groups excluding tert-OH is 1. The van der Waals surface area contributed by atoms with Crippen LogP contribution in [0.1, 0.15) is 17.2 Å². The van der Waals surface area contributed by atoms with Crippen LogP contribution < -0.4 is 19.5 Å². The minimum Gasteiger partial charge on any atom is -0.486 e. The second-order valence-electron chi connectivity index (χ2n) is 9.07. The predicted octanol–water partition coefficient (Wildman–Crippen LogP) is 2.16. The van der Waals surface area contributed by atoms with Crippen molar-refractivity contribution in [3.8, 4) is 17.4 Å². The quantitative estimate of drug-likeness (QED) is 0.569. The molecule has 172 valence electrons. The van der Waals surface area contributed by atoms with Gasteiger partial charge >= 0.3 is 0 Å². The summed E-state index contributed by atoms with van der Waals surface area (Å²) in [6.45, 7) is 4.65. The van der Waals surface area contributed by atoms with Crippen molar-refractivity contribution in [1.29, 1.82) is 0 Å². The highest BCUT2D eigenvalue weighted by atomic mass is 16.6. The highest BCUT2D eigenvalue weighted by Gasteiger charge is 2.55. The number of piperidine rings is 1. The summed E-state index contributed by atoms with van der Waals surface area (Å²) in [5.41, 5.74) is 3.48. The van der Waals surface area contributed by atoms with E-state index in [1.807, 2.05) is 24.3 Å². The number of fused-ring (bicyclic) bond motifs is 3. The number of hydrogen-bond donors (Lipinski definition) is 2. The van der Waals surface area contributed by atoms with E-state index < -0.39 is 6.10 Å². The largest absolute Gasteiger partial charge is 0.486 e. The Labute approximate surface area is 192 Å². The second-order valence-corrected chi connectivity index (χ2v) is 9.07. The minimum absolute atomic E-state index is 0.455. The Bertz CT molecular complexity index is 1160. The van der Waals surface area contributed by atoms with Crippen LogP contribution in [0.2, 0.25) is 0 Å². The van der Waals surface area contributed by atoms with Crippen LogP contribution in [0.25, 0.3) is 11.0 Å². The molecule has 2 aromatic carbocycles. The zero-order valence-corrected chi connectivity index (χ0v) is 18.6. The van der Waals surface area contributed by atoms with Crippen molar-refractivity contribution in [3.63, 3.8) is 0 Å². The van der Waals surface area contributed by atoms with Gasteiger partial charge in [0.15, 0.2) is 11.5 Å². The predicted molar refractivity (Wildman–Crippen MR) is 123 cm³/mol. The van der Waals surface area contributed by atoms with Crippen LogP contribution in [0.4, 0.5) is 0 Å². The number of aliphatic hydroxyl groups is 1. The summed E-state index contributed by atoms with van der Waals surface area (Å²) in [4.78, 5) is 11.3. The first-order valence-corrected chi connectivity index (χ1v) is 11.5. The number of benzene rings is 2. The molecule has 6 rings (SSSR count). The number of hydrogen-bond acceptors (Lipinski definition) is 8. The molecule has 2 unspecified atom stereocenters. The van der Waals surface area contributed by atoms with Gasteiger partial charge in [-0.3, -0.25) is 4.90 Å². The molecule has 0 spiro atoms. The molecule has 1 saturated carbocycles. The standard InChI is InChI=1S/C25H28N4O4/c1-31-23-11-26-19-4-2-3-16(25(19)28-23)20(30)14-29-12-17-18(13-29)24(17)27-10-15-5-6-21-22(9-15)33-8-7-32-21/h2-6,9,11,17-18,20,24,27,30H,7-8,10,12-14H2,1H3/t17-,18+,20?,24?. The summed E-state index contributed by atoms with van der Waals surface area (Å²) in [6, 6.07) is 12.5. The molecule has 0 radical (unpaired) electrons. The van der Waals surface area contributed by atoms with Crippen molar-refractivity contribution in [2.45, 2.75) is 18.7 Å². The highest BCUT2D eigenvalue weighted by molar-refractivity contribution is 5.78. The number of β-amino-alcohol motifs (C(OH)–C–C–N with tert-alkyl or cyclic N) is 1. The smallest absolute Gasteiger partial charge is 0.232 e. The van der Waals surface area contributed by atoms with E-state index in [0.717, 1.165) is 42.2 Å². The first-order chi connectivity index (χ1) is 16.2. The summed E-state index contributed by atoms with van der Waals surface area (Å²) < 4.78 is 16.5. The molecule has 1 saturated heterocycles. The summed E-state index contributed by atoms with van der Waals surface area (Å²) in [5.74, 6) is 3.41. The third kappa shape index (κ3) is 3.99. The van der Waals surface area contributed by atoms with Crippen LogP contribution in [-0.2, 0) is 6.54 Å². The Morgan fingerprint density at radius 2 is 1.97 bits per heavy atom. The van der Waals surface area contributed by atoms with E-state index in [9.17, 15) is 5.11 Å². The lowest BCUT2D eigenvalue weighted by Crippen LogP contribution is -2.33. The van der Waals surface area contributed by atoms with Gasteiger partial charge in [-0.2, -0.15) is 0 Å². The Balaban J connectivity index is 1.04. The van der Waals surface area contributed by atoms with Gasteiger partial charge in [-0.15, -0.1) is 0 Å². The lowest BCUT2D eigenvalue weighted by molar-refractivity contribution is 0.119. The van der Waals surface area contributed by atoms with Crippen LogP contribution in [0.3, 0.4) is 0 Å². The molecule has 2 fully saturated rings. The van der Waals surface area contributed by atoms with E-state index in [0.29, 0.717) is 49.0 Å². The Morgan fingerprint density at radius 1 is 1.15 bits per heavy atom.